The van der Waals surface area contributed by atoms with E-state index in [1.165, 1.54) is 0 Å². The van der Waals surface area contributed by atoms with Gasteiger partial charge < -0.3 is 20.6 Å². The van der Waals surface area contributed by atoms with Crippen LogP contribution in [0, 0.1) is 10.8 Å². The first-order chi connectivity index (χ1) is 13.6. The highest BCUT2D eigenvalue weighted by Crippen LogP contribution is 2.39. The second-order valence-electron chi connectivity index (χ2n) is 8.85. The number of carbonyl (C=O) groups is 1. The number of aliphatic carboxylic acids is 1. The Hall–Kier alpha value is -2.86. The van der Waals surface area contributed by atoms with Crippen LogP contribution in [0.5, 0.6) is 5.75 Å². The van der Waals surface area contributed by atoms with Crippen molar-refractivity contribution in [2.45, 2.75) is 33.6 Å². The van der Waals surface area contributed by atoms with Crippen LogP contribution < -0.4 is 10.5 Å². The summed E-state index contributed by atoms with van der Waals surface area (Å²) in [5.74, 6) is 0.716. The monoisotopic (exact) mass is 395 g/mol. The van der Waals surface area contributed by atoms with Gasteiger partial charge in [0.1, 0.15) is 18.2 Å². The number of ether oxygens (including phenoxy) is 1. The van der Waals surface area contributed by atoms with Crippen LogP contribution in [0.2, 0.25) is 0 Å². The van der Waals surface area contributed by atoms with Gasteiger partial charge in [0, 0.05) is 18.3 Å². The molecule has 0 aliphatic carbocycles. The van der Waals surface area contributed by atoms with Crippen molar-refractivity contribution in [2.24, 2.45) is 16.6 Å². The van der Waals surface area contributed by atoms with Crippen molar-refractivity contribution in [2.75, 3.05) is 13.2 Å². The molecular weight excluding hydrogens is 366 g/mol. The van der Waals surface area contributed by atoms with Gasteiger partial charge in [0.2, 0.25) is 0 Å². The van der Waals surface area contributed by atoms with Crippen LogP contribution in [-0.2, 0) is 4.79 Å². The Labute approximate surface area is 171 Å². The van der Waals surface area contributed by atoms with Crippen LogP contribution in [0.3, 0.4) is 0 Å². The first-order valence-corrected chi connectivity index (χ1v) is 9.73. The highest BCUT2D eigenvalue weighted by molar-refractivity contribution is 5.84. The number of fused-ring (bicyclic) bond motifs is 1. The number of aromatic nitrogens is 2. The van der Waals surface area contributed by atoms with Gasteiger partial charge in [-0.25, -0.2) is 4.98 Å². The number of imidazole rings is 1. The molecule has 0 radical (unpaired) electrons. The number of benzene rings is 2. The molecular formula is C23H29N3O3. The average Bonchev–Trinajstić information content (AvgIpc) is 3.20. The van der Waals surface area contributed by atoms with Crippen molar-refractivity contribution in [3.05, 3.63) is 60.2 Å². The molecule has 0 saturated carbocycles. The lowest BCUT2D eigenvalue weighted by Gasteiger charge is -2.32. The largest absolute Gasteiger partial charge is 0.492 e. The summed E-state index contributed by atoms with van der Waals surface area (Å²) in [6, 6.07) is 12.1. The molecule has 1 unspecified atom stereocenters. The molecule has 0 amide bonds. The third-order valence-electron chi connectivity index (χ3n) is 5.45. The predicted molar refractivity (Wildman–Crippen MR) is 114 cm³/mol. The summed E-state index contributed by atoms with van der Waals surface area (Å²) in [5.41, 5.74) is 6.10. The number of nitrogens with zero attached hydrogens (tertiary/aromatic N) is 1. The van der Waals surface area contributed by atoms with Crippen molar-refractivity contribution in [1.29, 1.82) is 0 Å². The fourth-order valence-corrected chi connectivity index (χ4v) is 3.37. The van der Waals surface area contributed by atoms with E-state index in [0.29, 0.717) is 12.3 Å². The molecule has 3 aromatic rings. The van der Waals surface area contributed by atoms with Gasteiger partial charge in [-0.1, -0.05) is 38.1 Å². The van der Waals surface area contributed by atoms with E-state index in [0.717, 1.165) is 22.2 Å². The molecule has 1 heterocycles. The fourth-order valence-electron chi connectivity index (χ4n) is 3.37. The number of nitrogens with one attached hydrogen (secondary N) is 1. The Morgan fingerprint density at radius 2 is 1.86 bits per heavy atom. The molecule has 0 spiro atoms. The molecule has 0 aliphatic heterocycles. The number of rotatable bonds is 8. The van der Waals surface area contributed by atoms with Crippen LogP contribution in [0.1, 0.15) is 45.0 Å². The third-order valence-corrected chi connectivity index (χ3v) is 5.45. The predicted octanol–water partition coefficient (Wildman–Crippen LogP) is 4.17. The lowest BCUT2D eigenvalue weighted by Crippen LogP contribution is -2.32. The summed E-state index contributed by atoms with van der Waals surface area (Å²) in [6.45, 7) is 8.23. The van der Waals surface area contributed by atoms with Crippen molar-refractivity contribution >= 4 is 16.7 Å². The molecule has 6 heteroatoms. The average molecular weight is 396 g/mol. The standard InChI is InChI=1S/C23H29N3O3/c1-22(2,13-24)19(20-25-9-10-26-20)17-6-5-16-12-18(8-7-15(16)11-17)29-14-23(3,4)21(27)28/h5-12,19H,13-14,24H2,1-4H3,(H,25,26)(H,27,28). The molecule has 0 fully saturated rings. The lowest BCUT2D eigenvalue weighted by atomic mass is 9.74. The number of aromatic amines is 1. The number of H-pyrrole nitrogens is 1. The first-order valence-electron chi connectivity index (χ1n) is 9.73. The zero-order chi connectivity index (χ0) is 21.2. The zero-order valence-electron chi connectivity index (χ0n) is 17.4. The molecule has 29 heavy (non-hydrogen) atoms. The molecule has 0 saturated heterocycles. The fraction of sp³-hybridized carbons (Fsp3) is 0.391. The molecule has 4 N–H and O–H groups in total. The van der Waals surface area contributed by atoms with E-state index >= 15 is 0 Å². The van der Waals surface area contributed by atoms with E-state index in [1.807, 2.05) is 24.4 Å². The number of carboxylic acids is 1. The van der Waals surface area contributed by atoms with Gasteiger partial charge >= 0.3 is 5.97 Å². The highest BCUT2D eigenvalue weighted by atomic mass is 16.5. The molecule has 1 atom stereocenters. The molecule has 154 valence electrons. The summed E-state index contributed by atoms with van der Waals surface area (Å²) in [7, 11) is 0. The Kier molecular flexibility index (Phi) is 5.66. The van der Waals surface area contributed by atoms with Gasteiger partial charge in [0.25, 0.3) is 0 Å². The second kappa shape index (κ2) is 7.87. The molecule has 6 nitrogen and oxygen atoms in total. The minimum atomic E-state index is -0.942. The third kappa shape index (κ3) is 4.43. The van der Waals surface area contributed by atoms with Gasteiger partial charge in [-0.3, -0.25) is 4.79 Å². The summed E-state index contributed by atoms with van der Waals surface area (Å²) < 4.78 is 5.74. The van der Waals surface area contributed by atoms with Gasteiger partial charge in [-0.2, -0.15) is 0 Å². The van der Waals surface area contributed by atoms with Crippen LogP contribution in [0.15, 0.2) is 48.8 Å². The molecule has 0 bridgehead atoms. The van der Waals surface area contributed by atoms with E-state index in [4.69, 9.17) is 10.5 Å². The van der Waals surface area contributed by atoms with Crippen molar-refractivity contribution in [3.63, 3.8) is 0 Å². The number of nitrogens with two attached hydrogens (primary N) is 1. The van der Waals surface area contributed by atoms with Gasteiger partial charge in [0.05, 0.1) is 5.41 Å². The van der Waals surface area contributed by atoms with Crippen LogP contribution in [0.4, 0.5) is 0 Å². The Morgan fingerprint density at radius 1 is 1.17 bits per heavy atom. The summed E-state index contributed by atoms with van der Waals surface area (Å²) in [5, 5.41) is 11.4. The SMILES string of the molecule is CC(C)(COc1ccc2cc(C(c3ncc[nH]3)C(C)(C)CN)ccc2c1)C(=O)O. The lowest BCUT2D eigenvalue weighted by molar-refractivity contribution is -0.148. The zero-order valence-corrected chi connectivity index (χ0v) is 17.4. The topological polar surface area (TPSA) is 101 Å². The Morgan fingerprint density at radius 3 is 2.48 bits per heavy atom. The van der Waals surface area contributed by atoms with E-state index in [-0.39, 0.29) is 17.9 Å². The normalized spacial score (nSPS) is 13.4. The number of carboxylic acid groups (broad SMARTS) is 1. The van der Waals surface area contributed by atoms with Crippen LogP contribution in [0.25, 0.3) is 10.8 Å². The van der Waals surface area contributed by atoms with E-state index < -0.39 is 11.4 Å². The maximum absolute atomic E-state index is 11.3. The van der Waals surface area contributed by atoms with Gasteiger partial charge in [0.15, 0.2) is 0 Å². The summed E-state index contributed by atoms with van der Waals surface area (Å²) in [4.78, 5) is 19.0. The highest BCUT2D eigenvalue weighted by Gasteiger charge is 2.33. The first kappa shape index (κ1) is 20.9. The molecule has 3 rings (SSSR count). The second-order valence-corrected chi connectivity index (χ2v) is 8.85. The van der Waals surface area contributed by atoms with E-state index in [2.05, 4.69) is 42.0 Å². The summed E-state index contributed by atoms with van der Waals surface area (Å²) in [6.07, 6.45) is 3.59. The van der Waals surface area contributed by atoms with E-state index in [1.54, 1.807) is 20.0 Å². The maximum atomic E-state index is 11.3. The number of hydrogen-bond acceptors (Lipinski definition) is 4. The Bertz CT molecular complexity index is 994. The van der Waals surface area contributed by atoms with Gasteiger partial charge in [-0.05, 0) is 54.3 Å². The molecule has 0 aliphatic rings. The Balaban J connectivity index is 1.91. The molecule has 2 aromatic carbocycles. The quantitative estimate of drug-likeness (QED) is 0.531. The molecule has 1 aromatic heterocycles. The minimum absolute atomic E-state index is 0.0409. The summed E-state index contributed by atoms with van der Waals surface area (Å²) >= 11 is 0. The van der Waals surface area contributed by atoms with Crippen molar-refractivity contribution in [1.82, 2.24) is 9.97 Å². The smallest absolute Gasteiger partial charge is 0.312 e. The van der Waals surface area contributed by atoms with Crippen molar-refractivity contribution < 1.29 is 14.6 Å². The van der Waals surface area contributed by atoms with Crippen LogP contribution in [-0.4, -0.2) is 34.2 Å². The van der Waals surface area contributed by atoms with Crippen molar-refractivity contribution in [3.8, 4) is 5.75 Å². The van der Waals surface area contributed by atoms with E-state index in [9.17, 15) is 9.90 Å². The number of hydrogen-bond donors (Lipinski definition) is 3. The van der Waals surface area contributed by atoms with Crippen LogP contribution >= 0.6 is 0 Å². The van der Waals surface area contributed by atoms with Gasteiger partial charge in [-0.15, -0.1) is 0 Å². The minimum Gasteiger partial charge on any atom is -0.492 e. The maximum Gasteiger partial charge on any atom is 0.312 e.